The Labute approximate surface area is 148 Å². The number of aliphatic hydroxyl groups is 1. The second kappa shape index (κ2) is 7.70. The van der Waals surface area contributed by atoms with Crippen LogP contribution in [0.2, 0.25) is 0 Å². The maximum absolute atomic E-state index is 12.0. The van der Waals surface area contributed by atoms with E-state index in [-0.39, 0.29) is 12.0 Å². The van der Waals surface area contributed by atoms with E-state index in [1.54, 1.807) is 6.92 Å². The van der Waals surface area contributed by atoms with Crippen LogP contribution in [0, 0.1) is 6.92 Å². The lowest BCUT2D eigenvalue weighted by atomic mass is 9.86. The third-order valence-electron chi connectivity index (χ3n) is 4.12. The van der Waals surface area contributed by atoms with Crippen LogP contribution in [-0.4, -0.2) is 22.8 Å². The molecule has 0 radical (unpaired) electrons. The summed E-state index contributed by atoms with van der Waals surface area (Å²) in [4.78, 5) is 12.0. The van der Waals surface area contributed by atoms with Gasteiger partial charge in [-0.15, -0.1) is 0 Å². The number of amides is 2. The van der Waals surface area contributed by atoms with Crippen LogP contribution in [0.25, 0.3) is 0 Å². The lowest BCUT2D eigenvalue weighted by molar-refractivity contribution is 0.175. The number of urea groups is 1. The normalized spacial score (nSPS) is 12.7. The van der Waals surface area contributed by atoms with Crippen molar-refractivity contribution in [2.24, 2.45) is 0 Å². The molecule has 0 spiro atoms. The van der Waals surface area contributed by atoms with Gasteiger partial charge in [0.05, 0.1) is 6.10 Å². The molecule has 0 aliphatic rings. The number of carbonyl (C=O) groups is 1. The first-order valence-corrected chi connectivity index (χ1v) is 8.51. The number of anilines is 1. The molecule has 1 atom stereocenters. The van der Waals surface area contributed by atoms with E-state index in [4.69, 9.17) is 4.52 Å². The lowest BCUT2D eigenvalue weighted by Crippen LogP contribution is -2.32. The molecule has 6 heteroatoms. The Kier molecular flexibility index (Phi) is 5.85. The van der Waals surface area contributed by atoms with Crippen LogP contribution in [0.1, 0.15) is 56.4 Å². The predicted molar refractivity (Wildman–Crippen MR) is 97.7 cm³/mol. The molecule has 1 aromatic heterocycles. The third-order valence-corrected chi connectivity index (χ3v) is 4.12. The van der Waals surface area contributed by atoms with Gasteiger partial charge in [-0.05, 0) is 29.9 Å². The van der Waals surface area contributed by atoms with Gasteiger partial charge in [-0.2, -0.15) is 0 Å². The maximum Gasteiger partial charge on any atom is 0.319 e. The number of aromatic nitrogens is 1. The van der Waals surface area contributed by atoms with Crippen molar-refractivity contribution < 1.29 is 14.4 Å². The molecule has 1 heterocycles. The summed E-state index contributed by atoms with van der Waals surface area (Å²) in [6.07, 6.45) is -0.107. The largest absolute Gasteiger partial charge is 0.387 e. The standard InChI is InChI=1S/C19H27N3O3/c1-6-15-17(12(2)25-22-15)21-18(24)20-11-16(23)13-7-9-14(10-8-13)19(3,4)5/h7-10,16,23H,6,11H2,1-5H3,(H2,20,21,24). The number of hydrogen-bond donors (Lipinski definition) is 3. The molecule has 6 nitrogen and oxygen atoms in total. The van der Waals surface area contributed by atoms with E-state index >= 15 is 0 Å². The molecule has 136 valence electrons. The minimum Gasteiger partial charge on any atom is -0.387 e. The predicted octanol–water partition coefficient (Wildman–Crippen LogP) is 3.70. The molecule has 3 N–H and O–H groups in total. The Morgan fingerprint density at radius 1 is 1.28 bits per heavy atom. The van der Waals surface area contributed by atoms with Gasteiger partial charge < -0.3 is 20.3 Å². The zero-order chi connectivity index (χ0) is 18.6. The van der Waals surface area contributed by atoms with E-state index < -0.39 is 12.1 Å². The number of nitrogens with zero attached hydrogens (tertiary/aromatic N) is 1. The monoisotopic (exact) mass is 345 g/mol. The second-order valence-electron chi connectivity index (χ2n) is 7.14. The van der Waals surface area contributed by atoms with Gasteiger partial charge in [0.15, 0.2) is 5.76 Å². The summed E-state index contributed by atoms with van der Waals surface area (Å²) in [7, 11) is 0. The number of nitrogens with one attached hydrogen (secondary N) is 2. The van der Waals surface area contributed by atoms with Crippen LogP contribution < -0.4 is 10.6 Å². The molecule has 0 fully saturated rings. The van der Waals surface area contributed by atoms with E-state index in [0.717, 1.165) is 5.56 Å². The minimum absolute atomic E-state index is 0.0646. The number of carbonyl (C=O) groups excluding carboxylic acids is 1. The molecule has 1 aromatic carbocycles. The van der Waals surface area contributed by atoms with Gasteiger partial charge in [0, 0.05) is 6.54 Å². The molecule has 0 bridgehead atoms. The van der Waals surface area contributed by atoms with Crippen LogP contribution >= 0.6 is 0 Å². The van der Waals surface area contributed by atoms with E-state index in [1.165, 1.54) is 5.56 Å². The van der Waals surface area contributed by atoms with Crippen LogP contribution in [0.4, 0.5) is 10.5 Å². The SMILES string of the molecule is CCc1noc(C)c1NC(=O)NCC(O)c1ccc(C(C)(C)C)cc1. The van der Waals surface area contributed by atoms with Gasteiger partial charge in [-0.1, -0.05) is 57.1 Å². The summed E-state index contributed by atoms with van der Waals surface area (Å²) in [6.45, 7) is 10.2. The van der Waals surface area contributed by atoms with Crippen molar-refractivity contribution in [2.45, 2.75) is 52.6 Å². The fourth-order valence-corrected chi connectivity index (χ4v) is 2.49. The molecular weight excluding hydrogens is 318 g/mol. The van der Waals surface area contributed by atoms with Crippen molar-refractivity contribution in [3.8, 4) is 0 Å². The number of aliphatic hydroxyl groups excluding tert-OH is 1. The van der Waals surface area contributed by atoms with E-state index in [9.17, 15) is 9.90 Å². The zero-order valence-electron chi connectivity index (χ0n) is 15.5. The number of aryl methyl sites for hydroxylation is 2. The van der Waals surface area contributed by atoms with Crippen molar-refractivity contribution >= 4 is 11.7 Å². The highest BCUT2D eigenvalue weighted by Crippen LogP contribution is 2.24. The van der Waals surface area contributed by atoms with Crippen molar-refractivity contribution in [2.75, 3.05) is 11.9 Å². The molecule has 2 aromatic rings. The summed E-state index contributed by atoms with van der Waals surface area (Å²) in [5.74, 6) is 0.560. The van der Waals surface area contributed by atoms with Crippen molar-refractivity contribution in [3.05, 3.63) is 46.8 Å². The zero-order valence-corrected chi connectivity index (χ0v) is 15.5. The second-order valence-corrected chi connectivity index (χ2v) is 7.14. The van der Waals surface area contributed by atoms with E-state index in [1.807, 2.05) is 31.2 Å². The lowest BCUT2D eigenvalue weighted by Gasteiger charge is -2.20. The Morgan fingerprint density at radius 2 is 1.92 bits per heavy atom. The molecule has 2 amide bonds. The fourth-order valence-electron chi connectivity index (χ4n) is 2.49. The smallest absolute Gasteiger partial charge is 0.319 e. The van der Waals surface area contributed by atoms with Gasteiger partial charge >= 0.3 is 6.03 Å². The van der Waals surface area contributed by atoms with Gasteiger partial charge in [0.25, 0.3) is 0 Å². The maximum atomic E-state index is 12.0. The molecule has 0 saturated carbocycles. The number of hydrogen-bond acceptors (Lipinski definition) is 4. The van der Waals surface area contributed by atoms with E-state index in [2.05, 4.69) is 36.6 Å². The van der Waals surface area contributed by atoms with Gasteiger partial charge in [-0.25, -0.2) is 4.79 Å². The number of benzene rings is 1. The first-order chi connectivity index (χ1) is 11.7. The van der Waals surface area contributed by atoms with Gasteiger partial charge in [-0.3, -0.25) is 0 Å². The highest BCUT2D eigenvalue weighted by atomic mass is 16.5. The van der Waals surface area contributed by atoms with Crippen LogP contribution in [0.3, 0.4) is 0 Å². The molecule has 0 aliphatic carbocycles. The van der Waals surface area contributed by atoms with Crippen molar-refractivity contribution in [1.82, 2.24) is 10.5 Å². The Bertz CT molecular complexity index is 715. The van der Waals surface area contributed by atoms with Crippen LogP contribution in [-0.2, 0) is 11.8 Å². The molecule has 25 heavy (non-hydrogen) atoms. The Hall–Kier alpha value is -2.34. The van der Waals surface area contributed by atoms with Crippen LogP contribution in [0.15, 0.2) is 28.8 Å². The van der Waals surface area contributed by atoms with E-state index in [0.29, 0.717) is 23.6 Å². The molecule has 2 rings (SSSR count). The van der Waals surface area contributed by atoms with Gasteiger partial charge in [0.2, 0.25) is 0 Å². The van der Waals surface area contributed by atoms with Crippen LogP contribution in [0.5, 0.6) is 0 Å². The number of rotatable bonds is 5. The minimum atomic E-state index is -0.769. The quantitative estimate of drug-likeness (QED) is 0.771. The highest BCUT2D eigenvalue weighted by Gasteiger charge is 2.17. The first-order valence-electron chi connectivity index (χ1n) is 8.51. The summed E-state index contributed by atoms with van der Waals surface area (Å²) in [5.41, 5.74) is 3.32. The summed E-state index contributed by atoms with van der Waals surface area (Å²) in [6, 6.07) is 7.40. The Morgan fingerprint density at radius 3 is 2.48 bits per heavy atom. The molecule has 1 unspecified atom stereocenters. The van der Waals surface area contributed by atoms with Crippen molar-refractivity contribution in [3.63, 3.8) is 0 Å². The Balaban J connectivity index is 1.92. The third kappa shape index (κ3) is 4.82. The summed E-state index contributed by atoms with van der Waals surface area (Å²) in [5, 5.41) is 19.6. The first kappa shape index (κ1) is 19.0. The average Bonchev–Trinajstić information content (AvgIpc) is 2.92. The van der Waals surface area contributed by atoms with Gasteiger partial charge in [0.1, 0.15) is 11.4 Å². The highest BCUT2D eigenvalue weighted by molar-refractivity contribution is 5.90. The van der Waals surface area contributed by atoms with Crippen molar-refractivity contribution in [1.29, 1.82) is 0 Å². The molecule has 0 saturated heterocycles. The topological polar surface area (TPSA) is 87.4 Å². The molecular formula is C19H27N3O3. The fraction of sp³-hybridized carbons (Fsp3) is 0.474. The summed E-state index contributed by atoms with van der Waals surface area (Å²) < 4.78 is 5.08. The average molecular weight is 345 g/mol. The molecule has 0 aliphatic heterocycles. The summed E-state index contributed by atoms with van der Waals surface area (Å²) >= 11 is 0.